The maximum Gasteiger partial charge on any atom is 0.117 e. The van der Waals surface area contributed by atoms with E-state index in [2.05, 4.69) is 38.2 Å². The highest BCUT2D eigenvalue weighted by Crippen LogP contribution is 2.47. The van der Waals surface area contributed by atoms with E-state index < -0.39 is 0 Å². The Bertz CT molecular complexity index is 425. The first-order valence-electron chi connectivity index (χ1n) is 7.97. The molecule has 0 aliphatic heterocycles. The van der Waals surface area contributed by atoms with Gasteiger partial charge >= 0.3 is 0 Å². The van der Waals surface area contributed by atoms with Crippen LogP contribution in [0.4, 0.5) is 0 Å². The molecule has 1 heterocycles. The topological polar surface area (TPSA) is 25.2 Å². The molecule has 2 aliphatic rings. The molecule has 5 unspecified atom stereocenters. The Morgan fingerprint density at radius 1 is 1.16 bits per heavy atom. The number of hydrogen-bond donors (Lipinski definition) is 1. The minimum Gasteiger partial charge on any atom is -0.464 e. The van der Waals surface area contributed by atoms with E-state index in [0.717, 1.165) is 30.1 Å². The predicted octanol–water partition coefficient (Wildman–Crippen LogP) is 4.32. The second-order valence-electron chi connectivity index (χ2n) is 6.88. The van der Waals surface area contributed by atoms with E-state index in [9.17, 15) is 0 Å². The molecular formula is C17H27NO. The molecule has 0 spiro atoms. The Labute approximate surface area is 117 Å². The van der Waals surface area contributed by atoms with Crippen LogP contribution in [0.3, 0.4) is 0 Å². The standard InChI is InChI=1S/C17H27NO/c1-11-5-4-6-16(13(11)3)18-10-14-7-8-17(19-14)15-9-12(15)2/h7-8,11-13,15-16,18H,4-6,9-10H2,1-3H3. The number of rotatable bonds is 4. The molecule has 1 aromatic heterocycles. The molecule has 106 valence electrons. The van der Waals surface area contributed by atoms with Crippen molar-refractivity contribution in [2.75, 3.05) is 0 Å². The predicted molar refractivity (Wildman–Crippen MR) is 78.0 cm³/mol. The van der Waals surface area contributed by atoms with Crippen molar-refractivity contribution in [3.05, 3.63) is 23.7 Å². The molecular weight excluding hydrogens is 234 g/mol. The van der Waals surface area contributed by atoms with Gasteiger partial charge in [0.2, 0.25) is 0 Å². The SMILES string of the molecule is CC1CC1c1ccc(CNC2CCCC(C)C2C)o1. The largest absolute Gasteiger partial charge is 0.464 e. The fourth-order valence-corrected chi connectivity index (χ4v) is 3.51. The van der Waals surface area contributed by atoms with Crippen LogP contribution in [0.2, 0.25) is 0 Å². The van der Waals surface area contributed by atoms with Crippen LogP contribution in [-0.4, -0.2) is 6.04 Å². The minimum absolute atomic E-state index is 0.664. The molecule has 0 amide bonds. The fraction of sp³-hybridized carbons (Fsp3) is 0.765. The van der Waals surface area contributed by atoms with Gasteiger partial charge in [-0.1, -0.05) is 33.6 Å². The van der Waals surface area contributed by atoms with E-state index in [4.69, 9.17) is 4.42 Å². The minimum atomic E-state index is 0.664. The molecule has 0 radical (unpaired) electrons. The molecule has 0 saturated heterocycles. The summed E-state index contributed by atoms with van der Waals surface area (Å²) >= 11 is 0. The molecule has 2 nitrogen and oxygen atoms in total. The van der Waals surface area contributed by atoms with Crippen LogP contribution in [-0.2, 0) is 6.54 Å². The highest BCUT2D eigenvalue weighted by atomic mass is 16.3. The van der Waals surface area contributed by atoms with Crippen molar-refractivity contribution in [3.8, 4) is 0 Å². The third-order valence-electron chi connectivity index (χ3n) is 5.40. The summed E-state index contributed by atoms with van der Waals surface area (Å²) in [7, 11) is 0. The molecule has 2 fully saturated rings. The smallest absolute Gasteiger partial charge is 0.117 e. The van der Waals surface area contributed by atoms with Gasteiger partial charge in [0.15, 0.2) is 0 Å². The highest BCUT2D eigenvalue weighted by molar-refractivity contribution is 5.17. The maximum absolute atomic E-state index is 5.97. The van der Waals surface area contributed by atoms with Crippen LogP contribution >= 0.6 is 0 Å². The Hall–Kier alpha value is -0.760. The molecule has 1 N–H and O–H groups in total. The van der Waals surface area contributed by atoms with Crippen LogP contribution in [0.5, 0.6) is 0 Å². The van der Waals surface area contributed by atoms with Gasteiger partial charge in [-0.2, -0.15) is 0 Å². The molecule has 2 heteroatoms. The Morgan fingerprint density at radius 3 is 2.68 bits per heavy atom. The summed E-state index contributed by atoms with van der Waals surface area (Å²) in [5.41, 5.74) is 0. The second-order valence-corrected chi connectivity index (χ2v) is 6.88. The Balaban J connectivity index is 1.52. The summed E-state index contributed by atoms with van der Waals surface area (Å²) in [6.45, 7) is 7.97. The van der Waals surface area contributed by atoms with Gasteiger partial charge in [0, 0.05) is 12.0 Å². The summed E-state index contributed by atoms with van der Waals surface area (Å²) in [6.07, 6.45) is 5.38. The maximum atomic E-state index is 5.97. The van der Waals surface area contributed by atoms with Crippen LogP contribution < -0.4 is 5.32 Å². The molecule has 2 aliphatic carbocycles. The average molecular weight is 261 g/mol. The summed E-state index contributed by atoms with van der Waals surface area (Å²) in [5.74, 6) is 5.47. The zero-order valence-electron chi connectivity index (χ0n) is 12.5. The first-order valence-corrected chi connectivity index (χ1v) is 7.97. The summed E-state index contributed by atoms with van der Waals surface area (Å²) in [4.78, 5) is 0. The lowest BCUT2D eigenvalue weighted by molar-refractivity contribution is 0.202. The fourth-order valence-electron chi connectivity index (χ4n) is 3.51. The van der Waals surface area contributed by atoms with Gasteiger partial charge in [0.05, 0.1) is 6.54 Å². The van der Waals surface area contributed by atoms with Crippen molar-refractivity contribution in [2.24, 2.45) is 17.8 Å². The summed E-state index contributed by atoms with van der Waals surface area (Å²) in [5, 5.41) is 3.71. The summed E-state index contributed by atoms with van der Waals surface area (Å²) < 4.78 is 5.97. The van der Waals surface area contributed by atoms with Crippen molar-refractivity contribution in [3.63, 3.8) is 0 Å². The molecule has 1 aromatic rings. The van der Waals surface area contributed by atoms with E-state index in [1.807, 2.05) is 0 Å². The lowest BCUT2D eigenvalue weighted by Gasteiger charge is -2.34. The van der Waals surface area contributed by atoms with E-state index >= 15 is 0 Å². The molecule has 19 heavy (non-hydrogen) atoms. The first kappa shape index (κ1) is 13.2. The number of hydrogen-bond acceptors (Lipinski definition) is 2. The highest BCUT2D eigenvalue weighted by Gasteiger charge is 2.36. The van der Waals surface area contributed by atoms with E-state index in [-0.39, 0.29) is 0 Å². The Kier molecular flexibility index (Phi) is 3.70. The second kappa shape index (κ2) is 5.32. The molecule has 2 saturated carbocycles. The quantitative estimate of drug-likeness (QED) is 0.873. The first-order chi connectivity index (χ1) is 9.15. The van der Waals surface area contributed by atoms with Crippen molar-refractivity contribution < 1.29 is 4.42 Å². The third-order valence-corrected chi connectivity index (χ3v) is 5.40. The van der Waals surface area contributed by atoms with Gasteiger partial charge in [-0.3, -0.25) is 0 Å². The zero-order chi connectivity index (χ0) is 13.4. The molecule has 5 atom stereocenters. The van der Waals surface area contributed by atoms with Crippen LogP contribution in [0.1, 0.15) is 63.9 Å². The lowest BCUT2D eigenvalue weighted by Crippen LogP contribution is -2.40. The van der Waals surface area contributed by atoms with Gasteiger partial charge in [-0.05, 0) is 42.7 Å². The van der Waals surface area contributed by atoms with Crippen molar-refractivity contribution in [2.45, 2.75) is 65.0 Å². The van der Waals surface area contributed by atoms with Crippen molar-refractivity contribution in [1.82, 2.24) is 5.32 Å². The number of nitrogens with one attached hydrogen (secondary N) is 1. The van der Waals surface area contributed by atoms with Gasteiger partial charge in [-0.15, -0.1) is 0 Å². The van der Waals surface area contributed by atoms with Crippen LogP contribution in [0.25, 0.3) is 0 Å². The van der Waals surface area contributed by atoms with E-state index in [1.54, 1.807) is 0 Å². The van der Waals surface area contributed by atoms with Gasteiger partial charge in [0.25, 0.3) is 0 Å². The lowest BCUT2D eigenvalue weighted by atomic mass is 9.78. The normalized spacial score (nSPS) is 38.4. The number of furan rings is 1. The Morgan fingerprint density at radius 2 is 1.95 bits per heavy atom. The molecule has 0 aromatic carbocycles. The van der Waals surface area contributed by atoms with Crippen LogP contribution in [0, 0.1) is 17.8 Å². The molecule has 0 bridgehead atoms. The van der Waals surface area contributed by atoms with Gasteiger partial charge in [-0.25, -0.2) is 0 Å². The van der Waals surface area contributed by atoms with Crippen LogP contribution in [0.15, 0.2) is 16.5 Å². The summed E-state index contributed by atoms with van der Waals surface area (Å²) in [6, 6.07) is 5.00. The van der Waals surface area contributed by atoms with Gasteiger partial charge in [0.1, 0.15) is 11.5 Å². The zero-order valence-corrected chi connectivity index (χ0v) is 12.5. The monoisotopic (exact) mass is 261 g/mol. The van der Waals surface area contributed by atoms with E-state index in [1.165, 1.54) is 31.4 Å². The van der Waals surface area contributed by atoms with Gasteiger partial charge < -0.3 is 9.73 Å². The van der Waals surface area contributed by atoms with Crippen molar-refractivity contribution >= 4 is 0 Å². The van der Waals surface area contributed by atoms with Crippen molar-refractivity contribution in [1.29, 1.82) is 0 Å². The molecule has 3 rings (SSSR count). The van der Waals surface area contributed by atoms with E-state index in [0.29, 0.717) is 12.0 Å². The average Bonchev–Trinajstić information content (AvgIpc) is 2.94. The third kappa shape index (κ3) is 2.89.